The molecule has 0 bridgehead atoms. The summed E-state index contributed by atoms with van der Waals surface area (Å²) in [5.41, 5.74) is 0.831. The predicted molar refractivity (Wildman–Crippen MR) is 53.5 cm³/mol. The monoisotopic (exact) mass is 213 g/mol. The van der Waals surface area contributed by atoms with Crippen molar-refractivity contribution in [1.82, 2.24) is 5.32 Å². The van der Waals surface area contributed by atoms with Gasteiger partial charge in [-0.05, 0) is 12.8 Å². The smallest absolute Gasteiger partial charge is 0.321 e. The van der Waals surface area contributed by atoms with Crippen molar-refractivity contribution in [2.45, 2.75) is 19.4 Å². The minimum absolute atomic E-state index is 0.0674. The van der Waals surface area contributed by atoms with Gasteiger partial charge in [-0.1, -0.05) is 12.2 Å². The molecule has 0 saturated carbocycles. The molecule has 5 nitrogen and oxygen atoms in total. The topological polar surface area (TPSA) is 86.6 Å². The first-order chi connectivity index (χ1) is 6.93. The normalized spacial score (nSPS) is 30.1. The van der Waals surface area contributed by atoms with Crippen molar-refractivity contribution in [3.05, 3.63) is 12.2 Å². The lowest BCUT2D eigenvalue weighted by Crippen LogP contribution is -2.36. The third-order valence-corrected chi connectivity index (χ3v) is 2.81. The summed E-state index contributed by atoms with van der Waals surface area (Å²) in [5.74, 6) is -2.44. The van der Waals surface area contributed by atoms with Crippen LogP contribution in [0.25, 0.3) is 0 Å². The van der Waals surface area contributed by atoms with E-state index in [2.05, 4.69) is 11.9 Å². The molecule has 1 fully saturated rings. The standard InChI is InChI=1S/C10H15NO4/c1-5(2)7-4-11-9(10(14)15)6(7)3-8(12)13/h6-7,9,11H,1,3-4H2,2H3,(H,12,13)(H,14,15)/t6-,7-,9+/m0/s1. The maximum Gasteiger partial charge on any atom is 0.321 e. The number of carboxylic acids is 2. The summed E-state index contributed by atoms with van der Waals surface area (Å²) in [6.45, 7) is 6.05. The Morgan fingerprint density at radius 3 is 2.47 bits per heavy atom. The molecule has 0 amide bonds. The van der Waals surface area contributed by atoms with Crippen LogP contribution >= 0.6 is 0 Å². The zero-order valence-electron chi connectivity index (χ0n) is 8.56. The highest BCUT2D eigenvalue weighted by Gasteiger charge is 2.41. The van der Waals surface area contributed by atoms with Gasteiger partial charge in [0.25, 0.3) is 0 Å². The number of rotatable bonds is 4. The maximum atomic E-state index is 10.9. The van der Waals surface area contributed by atoms with E-state index in [4.69, 9.17) is 10.2 Å². The molecular formula is C10H15NO4. The van der Waals surface area contributed by atoms with Gasteiger partial charge in [-0.2, -0.15) is 0 Å². The summed E-state index contributed by atoms with van der Waals surface area (Å²) < 4.78 is 0. The molecule has 0 aliphatic carbocycles. The molecule has 0 aromatic heterocycles. The lowest BCUT2D eigenvalue weighted by Gasteiger charge is -2.19. The molecule has 0 unspecified atom stereocenters. The number of hydrogen-bond donors (Lipinski definition) is 3. The number of carboxylic acid groups (broad SMARTS) is 2. The molecule has 1 aliphatic rings. The second-order valence-electron chi connectivity index (χ2n) is 3.94. The molecule has 84 valence electrons. The van der Waals surface area contributed by atoms with Crippen LogP contribution < -0.4 is 5.32 Å². The van der Waals surface area contributed by atoms with Crippen molar-refractivity contribution < 1.29 is 19.8 Å². The van der Waals surface area contributed by atoms with Crippen LogP contribution in [0.5, 0.6) is 0 Å². The van der Waals surface area contributed by atoms with E-state index in [1.165, 1.54) is 0 Å². The van der Waals surface area contributed by atoms with Gasteiger partial charge in [0.05, 0.1) is 6.42 Å². The van der Waals surface area contributed by atoms with Gasteiger partial charge in [-0.25, -0.2) is 0 Å². The van der Waals surface area contributed by atoms with Crippen LogP contribution in [0.1, 0.15) is 13.3 Å². The van der Waals surface area contributed by atoms with E-state index >= 15 is 0 Å². The van der Waals surface area contributed by atoms with E-state index in [0.717, 1.165) is 5.57 Å². The molecule has 1 rings (SSSR count). The van der Waals surface area contributed by atoms with Crippen LogP contribution in [0.3, 0.4) is 0 Å². The molecule has 1 saturated heterocycles. The van der Waals surface area contributed by atoms with Gasteiger partial charge < -0.3 is 15.5 Å². The third kappa shape index (κ3) is 2.56. The summed E-state index contributed by atoms with van der Waals surface area (Å²) in [7, 11) is 0. The Hall–Kier alpha value is -1.36. The van der Waals surface area contributed by atoms with Gasteiger partial charge in [-0.3, -0.25) is 9.59 Å². The Kier molecular flexibility index (Phi) is 3.47. The minimum Gasteiger partial charge on any atom is -0.481 e. The van der Waals surface area contributed by atoms with Gasteiger partial charge in [-0.15, -0.1) is 0 Å². The molecule has 0 radical (unpaired) electrons. The SMILES string of the molecule is C=C(C)[C@@H]1CN[C@@H](C(=O)O)[C@H]1CC(=O)O. The first kappa shape index (κ1) is 11.7. The average molecular weight is 213 g/mol. The van der Waals surface area contributed by atoms with Crippen molar-refractivity contribution in [2.24, 2.45) is 11.8 Å². The van der Waals surface area contributed by atoms with Crippen molar-refractivity contribution in [2.75, 3.05) is 6.54 Å². The van der Waals surface area contributed by atoms with Crippen molar-refractivity contribution in [3.8, 4) is 0 Å². The molecule has 3 atom stereocenters. The van der Waals surface area contributed by atoms with Crippen molar-refractivity contribution >= 4 is 11.9 Å². The van der Waals surface area contributed by atoms with Gasteiger partial charge in [0, 0.05) is 12.5 Å². The number of nitrogens with one attached hydrogen (secondary N) is 1. The molecule has 3 N–H and O–H groups in total. The largest absolute Gasteiger partial charge is 0.481 e. The van der Waals surface area contributed by atoms with Crippen LogP contribution in [-0.2, 0) is 9.59 Å². The van der Waals surface area contributed by atoms with Crippen molar-refractivity contribution in [3.63, 3.8) is 0 Å². The van der Waals surface area contributed by atoms with Gasteiger partial charge in [0.1, 0.15) is 6.04 Å². The molecule has 15 heavy (non-hydrogen) atoms. The lowest BCUT2D eigenvalue weighted by molar-refractivity contribution is -0.142. The molecule has 5 heteroatoms. The summed E-state index contributed by atoms with van der Waals surface area (Å²) in [5, 5.41) is 20.5. The van der Waals surface area contributed by atoms with Crippen LogP contribution in [0, 0.1) is 11.8 Å². The van der Waals surface area contributed by atoms with Crippen LogP contribution in [0.15, 0.2) is 12.2 Å². The molecule has 1 heterocycles. The maximum absolute atomic E-state index is 10.9. The molecule has 0 spiro atoms. The first-order valence-electron chi connectivity index (χ1n) is 4.77. The summed E-state index contributed by atoms with van der Waals surface area (Å²) in [4.78, 5) is 21.5. The lowest BCUT2D eigenvalue weighted by atomic mass is 9.84. The number of carbonyl (C=O) groups is 2. The quantitative estimate of drug-likeness (QED) is 0.586. The van der Waals surface area contributed by atoms with Crippen molar-refractivity contribution in [1.29, 1.82) is 0 Å². The summed E-state index contributed by atoms with van der Waals surface area (Å²) >= 11 is 0. The first-order valence-corrected chi connectivity index (χ1v) is 4.77. The average Bonchev–Trinajstić information content (AvgIpc) is 2.46. The fraction of sp³-hybridized carbons (Fsp3) is 0.600. The number of aliphatic carboxylic acids is 2. The Morgan fingerprint density at radius 2 is 2.07 bits per heavy atom. The van der Waals surface area contributed by atoms with E-state index in [0.29, 0.717) is 6.54 Å². The molecular weight excluding hydrogens is 198 g/mol. The van der Waals surface area contributed by atoms with E-state index in [1.807, 2.05) is 0 Å². The Morgan fingerprint density at radius 1 is 1.47 bits per heavy atom. The fourth-order valence-corrected chi connectivity index (χ4v) is 2.06. The highest BCUT2D eigenvalue weighted by Crippen LogP contribution is 2.30. The zero-order chi connectivity index (χ0) is 11.6. The van der Waals surface area contributed by atoms with Gasteiger partial charge in [0.2, 0.25) is 0 Å². The van der Waals surface area contributed by atoms with E-state index < -0.39 is 23.9 Å². The van der Waals surface area contributed by atoms with E-state index in [9.17, 15) is 9.59 Å². The highest BCUT2D eigenvalue weighted by molar-refractivity contribution is 5.76. The molecule has 1 aliphatic heterocycles. The second kappa shape index (κ2) is 4.44. The second-order valence-corrected chi connectivity index (χ2v) is 3.94. The zero-order valence-corrected chi connectivity index (χ0v) is 8.56. The Bertz CT molecular complexity index is 278. The van der Waals surface area contributed by atoms with Crippen LogP contribution in [0.2, 0.25) is 0 Å². The summed E-state index contributed by atoms with van der Waals surface area (Å²) in [6, 6.07) is -0.775. The fourth-order valence-electron chi connectivity index (χ4n) is 2.06. The Labute approximate surface area is 87.8 Å². The molecule has 0 aromatic rings. The molecule has 0 aromatic carbocycles. The van der Waals surface area contributed by atoms with E-state index in [1.54, 1.807) is 6.92 Å². The highest BCUT2D eigenvalue weighted by atomic mass is 16.4. The van der Waals surface area contributed by atoms with Crippen LogP contribution in [0.4, 0.5) is 0 Å². The number of hydrogen-bond acceptors (Lipinski definition) is 3. The predicted octanol–water partition coefficient (Wildman–Crippen LogP) is 0.326. The van der Waals surface area contributed by atoms with Crippen LogP contribution in [-0.4, -0.2) is 34.7 Å². The van der Waals surface area contributed by atoms with Gasteiger partial charge >= 0.3 is 11.9 Å². The van der Waals surface area contributed by atoms with E-state index in [-0.39, 0.29) is 12.3 Å². The van der Waals surface area contributed by atoms with Gasteiger partial charge in [0.15, 0.2) is 0 Å². The summed E-state index contributed by atoms with van der Waals surface area (Å²) in [6.07, 6.45) is -0.137. The minimum atomic E-state index is -0.995. The third-order valence-electron chi connectivity index (χ3n) is 2.81. The Balaban J connectivity index is 2.82.